The van der Waals surface area contributed by atoms with Gasteiger partial charge in [0.2, 0.25) is 0 Å². The van der Waals surface area contributed by atoms with Crippen molar-refractivity contribution in [2.45, 2.75) is 13.8 Å². The molecule has 0 unspecified atom stereocenters. The molecule has 7 nitrogen and oxygen atoms in total. The fourth-order valence-corrected chi connectivity index (χ4v) is 3.96. The highest BCUT2D eigenvalue weighted by Gasteiger charge is 2.40. The van der Waals surface area contributed by atoms with Crippen molar-refractivity contribution in [1.82, 2.24) is 0 Å². The maximum atomic E-state index is 13.7. The van der Waals surface area contributed by atoms with E-state index in [9.17, 15) is 9.59 Å². The average molecular weight is 459 g/mol. The van der Waals surface area contributed by atoms with Crippen LogP contribution in [0.15, 0.2) is 66.4 Å². The van der Waals surface area contributed by atoms with E-state index in [1.165, 1.54) is 19.1 Å². The molecule has 0 bridgehead atoms. The van der Waals surface area contributed by atoms with Gasteiger partial charge >= 0.3 is 0 Å². The molecule has 34 heavy (non-hydrogen) atoms. The van der Waals surface area contributed by atoms with E-state index in [2.05, 4.69) is 5.32 Å². The minimum atomic E-state index is -0.455. The Morgan fingerprint density at radius 2 is 1.38 bits per heavy atom. The van der Waals surface area contributed by atoms with E-state index in [0.29, 0.717) is 34.2 Å². The van der Waals surface area contributed by atoms with Gasteiger partial charge in [-0.25, -0.2) is 4.90 Å². The van der Waals surface area contributed by atoms with E-state index in [1.54, 1.807) is 37.4 Å². The minimum Gasteiger partial charge on any atom is -0.495 e. The fraction of sp³-hybridized carbons (Fsp3) is 0.185. The van der Waals surface area contributed by atoms with E-state index in [-0.39, 0.29) is 11.3 Å². The van der Waals surface area contributed by atoms with Crippen LogP contribution in [0.5, 0.6) is 17.2 Å². The summed E-state index contributed by atoms with van der Waals surface area (Å²) in [6, 6.07) is 18.0. The van der Waals surface area contributed by atoms with Crippen LogP contribution in [0.1, 0.15) is 16.7 Å². The number of nitrogens with one attached hydrogen (secondary N) is 1. The lowest BCUT2D eigenvalue weighted by molar-refractivity contribution is -0.120. The normalized spacial score (nSPS) is 13.4. The maximum absolute atomic E-state index is 13.7. The van der Waals surface area contributed by atoms with Crippen LogP contribution < -0.4 is 24.4 Å². The summed E-state index contributed by atoms with van der Waals surface area (Å²) < 4.78 is 16.2. The van der Waals surface area contributed by atoms with Crippen LogP contribution in [0.4, 0.5) is 11.4 Å². The summed E-state index contributed by atoms with van der Waals surface area (Å²) in [5, 5.41) is 3.18. The van der Waals surface area contributed by atoms with Gasteiger partial charge in [-0.05, 0) is 66.9 Å². The van der Waals surface area contributed by atoms with E-state index in [1.807, 2.05) is 44.2 Å². The third-order valence-electron chi connectivity index (χ3n) is 5.63. The van der Waals surface area contributed by atoms with Gasteiger partial charge in [0.1, 0.15) is 11.4 Å². The van der Waals surface area contributed by atoms with Crippen molar-refractivity contribution in [3.8, 4) is 17.2 Å². The summed E-state index contributed by atoms with van der Waals surface area (Å²) in [5.74, 6) is 0.642. The van der Waals surface area contributed by atoms with Crippen LogP contribution in [0, 0.1) is 13.8 Å². The number of amides is 2. The molecule has 2 amide bonds. The van der Waals surface area contributed by atoms with Crippen LogP contribution in [0.25, 0.3) is 5.57 Å². The molecule has 3 aromatic rings. The molecule has 1 N–H and O–H groups in total. The third-order valence-corrected chi connectivity index (χ3v) is 5.63. The number of benzene rings is 3. The van der Waals surface area contributed by atoms with Crippen molar-refractivity contribution in [2.24, 2.45) is 0 Å². The summed E-state index contributed by atoms with van der Waals surface area (Å²) in [7, 11) is 4.62. The van der Waals surface area contributed by atoms with Gasteiger partial charge in [0.05, 0.1) is 38.3 Å². The number of carbonyl (C=O) groups excluding carboxylic acids is 2. The van der Waals surface area contributed by atoms with Gasteiger partial charge < -0.3 is 19.5 Å². The molecular weight excluding hydrogens is 432 g/mol. The van der Waals surface area contributed by atoms with Gasteiger partial charge in [0.15, 0.2) is 11.5 Å². The Kier molecular flexibility index (Phi) is 6.27. The number of hydrogen-bond donors (Lipinski definition) is 1. The summed E-state index contributed by atoms with van der Waals surface area (Å²) in [6.07, 6.45) is 0. The number of anilines is 2. The van der Waals surface area contributed by atoms with Crippen LogP contribution in [0.2, 0.25) is 0 Å². The highest BCUT2D eigenvalue weighted by molar-refractivity contribution is 6.46. The van der Waals surface area contributed by atoms with Crippen LogP contribution in [-0.4, -0.2) is 33.1 Å². The molecule has 0 aliphatic carbocycles. The first-order valence-electron chi connectivity index (χ1n) is 10.7. The largest absolute Gasteiger partial charge is 0.495 e. The molecule has 0 spiro atoms. The predicted octanol–water partition coefficient (Wildman–Crippen LogP) is 4.73. The van der Waals surface area contributed by atoms with E-state index < -0.39 is 11.8 Å². The second-order valence-electron chi connectivity index (χ2n) is 7.93. The molecule has 1 heterocycles. The van der Waals surface area contributed by atoms with Crippen LogP contribution in [-0.2, 0) is 9.59 Å². The first-order valence-corrected chi connectivity index (χ1v) is 10.7. The molecule has 174 valence electrons. The summed E-state index contributed by atoms with van der Waals surface area (Å²) in [6.45, 7) is 3.85. The molecule has 3 aromatic carbocycles. The lowest BCUT2D eigenvalue weighted by atomic mass is 10.0. The Morgan fingerprint density at radius 1 is 0.706 bits per heavy atom. The van der Waals surface area contributed by atoms with Gasteiger partial charge in [0.25, 0.3) is 11.8 Å². The molecule has 0 saturated carbocycles. The smallest absolute Gasteiger partial charge is 0.282 e. The first kappa shape index (κ1) is 22.9. The predicted molar refractivity (Wildman–Crippen MR) is 131 cm³/mol. The van der Waals surface area contributed by atoms with E-state index >= 15 is 0 Å². The number of hydrogen-bond acceptors (Lipinski definition) is 6. The Morgan fingerprint density at radius 3 is 2.06 bits per heavy atom. The lowest BCUT2D eigenvalue weighted by Crippen LogP contribution is -2.32. The summed E-state index contributed by atoms with van der Waals surface area (Å²) >= 11 is 0. The zero-order valence-electron chi connectivity index (χ0n) is 19.8. The maximum Gasteiger partial charge on any atom is 0.282 e. The molecular formula is C27H26N2O5. The number of carbonyl (C=O) groups is 2. The summed E-state index contributed by atoms with van der Waals surface area (Å²) in [5.41, 5.74) is 3.92. The molecule has 0 saturated heterocycles. The number of imide groups is 1. The molecule has 1 aliphatic rings. The molecule has 0 fully saturated rings. The van der Waals surface area contributed by atoms with Gasteiger partial charge in [-0.15, -0.1) is 0 Å². The lowest BCUT2D eigenvalue weighted by Gasteiger charge is -2.16. The number of ether oxygens (including phenoxy) is 3. The number of methoxy groups -OCH3 is 3. The van der Waals surface area contributed by atoms with Crippen LogP contribution >= 0.6 is 0 Å². The van der Waals surface area contributed by atoms with Gasteiger partial charge in [-0.1, -0.05) is 24.3 Å². The highest BCUT2D eigenvalue weighted by atomic mass is 16.5. The van der Waals surface area contributed by atoms with Gasteiger partial charge in [-0.2, -0.15) is 0 Å². The molecule has 4 rings (SSSR count). The number of rotatable bonds is 7. The average Bonchev–Trinajstić information content (AvgIpc) is 3.07. The number of aryl methyl sites for hydroxylation is 2. The summed E-state index contributed by atoms with van der Waals surface area (Å²) in [4.78, 5) is 28.6. The zero-order valence-corrected chi connectivity index (χ0v) is 19.8. The van der Waals surface area contributed by atoms with Crippen molar-refractivity contribution >= 4 is 28.8 Å². The molecule has 1 aliphatic heterocycles. The SMILES string of the molecule is COc1ccc(C)cc1NC1=C(c2ccc(OC)c(OC)c2)C(=O)N(c2cccc(C)c2)C1=O. The third kappa shape index (κ3) is 4.08. The second kappa shape index (κ2) is 9.31. The Balaban J connectivity index is 1.89. The highest BCUT2D eigenvalue weighted by Crippen LogP contribution is 2.38. The number of nitrogens with zero attached hydrogens (tertiary/aromatic N) is 1. The van der Waals surface area contributed by atoms with Crippen molar-refractivity contribution in [3.63, 3.8) is 0 Å². The zero-order chi connectivity index (χ0) is 24.4. The van der Waals surface area contributed by atoms with Crippen molar-refractivity contribution in [1.29, 1.82) is 0 Å². The van der Waals surface area contributed by atoms with Crippen molar-refractivity contribution in [3.05, 3.63) is 83.1 Å². The van der Waals surface area contributed by atoms with Gasteiger partial charge in [-0.3, -0.25) is 9.59 Å². The van der Waals surface area contributed by atoms with E-state index in [0.717, 1.165) is 11.1 Å². The fourth-order valence-electron chi connectivity index (χ4n) is 3.96. The molecule has 0 aromatic heterocycles. The quantitative estimate of drug-likeness (QED) is 0.516. The molecule has 7 heteroatoms. The van der Waals surface area contributed by atoms with E-state index in [4.69, 9.17) is 14.2 Å². The standard InChI is InChI=1S/C27H26N2O5/c1-16-7-6-8-19(13-16)29-26(30)24(18-10-12-22(33-4)23(15-18)34-5)25(27(29)31)28-20-14-17(2)9-11-21(20)32-3/h6-15,28H,1-5H3. The Bertz CT molecular complexity index is 1310. The molecule has 0 atom stereocenters. The minimum absolute atomic E-state index is 0.155. The Labute approximate surface area is 198 Å². The van der Waals surface area contributed by atoms with Crippen LogP contribution in [0.3, 0.4) is 0 Å². The second-order valence-corrected chi connectivity index (χ2v) is 7.93. The first-order chi connectivity index (χ1) is 16.4. The topological polar surface area (TPSA) is 77.1 Å². The van der Waals surface area contributed by atoms with Gasteiger partial charge in [0, 0.05) is 0 Å². The monoisotopic (exact) mass is 458 g/mol. The Hall–Kier alpha value is -4.26. The van der Waals surface area contributed by atoms with Crippen molar-refractivity contribution in [2.75, 3.05) is 31.5 Å². The van der Waals surface area contributed by atoms with Crippen molar-refractivity contribution < 1.29 is 23.8 Å². The molecule has 0 radical (unpaired) electrons.